The van der Waals surface area contributed by atoms with E-state index in [2.05, 4.69) is 64.1 Å². The van der Waals surface area contributed by atoms with Gasteiger partial charge in [-0.05, 0) is 30.0 Å². The van der Waals surface area contributed by atoms with Gasteiger partial charge in [0.2, 0.25) is 0 Å². The number of ether oxygens (including phenoxy) is 1. The van der Waals surface area contributed by atoms with Crippen molar-refractivity contribution in [2.45, 2.75) is 33.6 Å². The minimum absolute atomic E-state index is 0.171. The Morgan fingerprint density at radius 1 is 0.895 bits per heavy atom. The van der Waals surface area contributed by atoms with Crippen LogP contribution in [0.2, 0.25) is 0 Å². The van der Waals surface area contributed by atoms with Crippen LogP contribution in [0, 0.1) is 12.3 Å². The Kier molecular flexibility index (Phi) is 2.67. The molecule has 1 heteroatoms. The minimum atomic E-state index is 0.171. The fourth-order valence-corrected chi connectivity index (χ4v) is 3.00. The monoisotopic (exact) mass is 252 g/mol. The first-order chi connectivity index (χ1) is 8.97. The first-order valence-corrected chi connectivity index (χ1v) is 6.84. The highest BCUT2D eigenvalue weighted by atomic mass is 16.5. The van der Waals surface area contributed by atoms with Gasteiger partial charge in [-0.2, -0.15) is 0 Å². The van der Waals surface area contributed by atoms with Crippen LogP contribution in [0.15, 0.2) is 42.5 Å². The molecular weight excluding hydrogens is 232 g/mol. The number of rotatable bonds is 0. The summed E-state index contributed by atoms with van der Waals surface area (Å²) in [7, 11) is 0. The van der Waals surface area contributed by atoms with Crippen LogP contribution in [0.1, 0.15) is 43.4 Å². The molecule has 1 heterocycles. The van der Waals surface area contributed by atoms with E-state index in [0.29, 0.717) is 5.92 Å². The predicted molar refractivity (Wildman–Crippen MR) is 79.0 cm³/mol. The molecule has 0 saturated carbocycles. The van der Waals surface area contributed by atoms with Crippen molar-refractivity contribution in [1.82, 2.24) is 0 Å². The normalized spacial score (nSPS) is 17.4. The molecule has 0 N–H and O–H groups in total. The van der Waals surface area contributed by atoms with Gasteiger partial charge >= 0.3 is 0 Å². The summed E-state index contributed by atoms with van der Waals surface area (Å²) in [5.41, 5.74) is 4.01. The minimum Gasteiger partial charge on any atom is -0.457 e. The number of hydrogen-bond acceptors (Lipinski definition) is 1. The molecule has 2 aromatic rings. The van der Waals surface area contributed by atoms with Crippen molar-refractivity contribution < 1.29 is 4.74 Å². The van der Waals surface area contributed by atoms with Gasteiger partial charge in [0, 0.05) is 17.0 Å². The Morgan fingerprint density at radius 2 is 1.58 bits per heavy atom. The van der Waals surface area contributed by atoms with Crippen LogP contribution in [0.25, 0.3) is 0 Å². The number of fused-ring (bicyclic) bond motifs is 2. The summed E-state index contributed by atoms with van der Waals surface area (Å²) in [5, 5.41) is 0. The number of hydrogen-bond donors (Lipinski definition) is 0. The van der Waals surface area contributed by atoms with E-state index < -0.39 is 0 Å². The Bertz CT molecular complexity index is 620. The Labute approximate surface area is 115 Å². The maximum absolute atomic E-state index is 6.08. The van der Waals surface area contributed by atoms with Gasteiger partial charge in [-0.3, -0.25) is 0 Å². The standard InChI is InChI=1S/C18H20O/c1-12-9-10-14-16(11-12)19-15-8-6-5-7-13(15)17(14)18(2,3)4/h5-11,17H,1-4H3. The largest absolute Gasteiger partial charge is 0.457 e. The van der Waals surface area contributed by atoms with Crippen LogP contribution >= 0.6 is 0 Å². The third-order valence-corrected chi connectivity index (χ3v) is 3.80. The van der Waals surface area contributed by atoms with Crippen molar-refractivity contribution in [1.29, 1.82) is 0 Å². The lowest BCUT2D eigenvalue weighted by Crippen LogP contribution is -2.23. The van der Waals surface area contributed by atoms with Crippen LogP contribution in [0.4, 0.5) is 0 Å². The molecule has 0 aliphatic carbocycles. The van der Waals surface area contributed by atoms with E-state index in [9.17, 15) is 0 Å². The van der Waals surface area contributed by atoms with Crippen molar-refractivity contribution >= 4 is 0 Å². The molecule has 0 spiro atoms. The second kappa shape index (κ2) is 4.12. The summed E-state index contributed by atoms with van der Waals surface area (Å²) in [5.74, 6) is 2.40. The van der Waals surface area contributed by atoms with Gasteiger partial charge in [0.15, 0.2) is 0 Å². The predicted octanol–water partition coefficient (Wildman–Crippen LogP) is 5.28. The second-order valence-electron chi connectivity index (χ2n) is 6.48. The molecule has 1 aliphatic heterocycles. The topological polar surface area (TPSA) is 9.23 Å². The first kappa shape index (κ1) is 12.3. The smallest absolute Gasteiger partial charge is 0.131 e. The molecule has 0 radical (unpaired) electrons. The van der Waals surface area contributed by atoms with Crippen LogP contribution in [-0.4, -0.2) is 0 Å². The molecule has 98 valence electrons. The van der Waals surface area contributed by atoms with Crippen LogP contribution < -0.4 is 4.74 Å². The van der Waals surface area contributed by atoms with Gasteiger partial charge in [0.25, 0.3) is 0 Å². The summed E-state index contributed by atoms with van der Waals surface area (Å²) in [6.07, 6.45) is 0. The molecule has 19 heavy (non-hydrogen) atoms. The Hall–Kier alpha value is -1.76. The molecule has 2 aromatic carbocycles. The molecule has 0 aromatic heterocycles. The summed E-state index contributed by atoms with van der Waals surface area (Å²) in [4.78, 5) is 0. The maximum atomic E-state index is 6.08. The van der Waals surface area contributed by atoms with Crippen molar-refractivity contribution in [3.63, 3.8) is 0 Å². The molecule has 0 fully saturated rings. The quantitative estimate of drug-likeness (QED) is 0.620. The highest BCUT2D eigenvalue weighted by molar-refractivity contribution is 5.55. The first-order valence-electron chi connectivity index (χ1n) is 6.84. The van der Waals surface area contributed by atoms with Crippen LogP contribution in [-0.2, 0) is 0 Å². The lowest BCUT2D eigenvalue weighted by Gasteiger charge is -2.37. The molecule has 0 bridgehead atoms. The Morgan fingerprint density at radius 3 is 2.32 bits per heavy atom. The molecule has 1 unspecified atom stereocenters. The molecular formula is C18H20O. The summed E-state index contributed by atoms with van der Waals surface area (Å²) in [6.45, 7) is 8.99. The summed E-state index contributed by atoms with van der Waals surface area (Å²) >= 11 is 0. The zero-order chi connectivity index (χ0) is 13.6. The zero-order valence-corrected chi connectivity index (χ0v) is 12.0. The van der Waals surface area contributed by atoms with E-state index in [1.165, 1.54) is 16.7 Å². The summed E-state index contributed by atoms with van der Waals surface area (Å²) in [6, 6.07) is 14.9. The van der Waals surface area contributed by atoms with Gasteiger partial charge < -0.3 is 4.74 Å². The molecule has 0 amide bonds. The third-order valence-electron chi connectivity index (χ3n) is 3.80. The van der Waals surface area contributed by atoms with Crippen molar-refractivity contribution in [2.75, 3.05) is 0 Å². The molecule has 3 rings (SSSR count). The van der Waals surface area contributed by atoms with E-state index in [1.807, 2.05) is 6.07 Å². The number of benzene rings is 2. The average Bonchev–Trinajstić information content (AvgIpc) is 2.34. The molecule has 0 saturated heterocycles. The fourth-order valence-electron chi connectivity index (χ4n) is 3.00. The molecule has 1 nitrogen and oxygen atoms in total. The zero-order valence-electron chi connectivity index (χ0n) is 12.0. The highest BCUT2D eigenvalue weighted by Gasteiger charge is 2.35. The van der Waals surface area contributed by atoms with E-state index in [4.69, 9.17) is 4.74 Å². The number of para-hydroxylation sites is 1. The Balaban J connectivity index is 2.24. The van der Waals surface area contributed by atoms with Gasteiger partial charge in [-0.25, -0.2) is 0 Å². The van der Waals surface area contributed by atoms with Gasteiger partial charge in [0.05, 0.1) is 0 Å². The SMILES string of the molecule is Cc1ccc2c(c1)Oc1ccccc1C2C(C)(C)C. The van der Waals surface area contributed by atoms with E-state index in [-0.39, 0.29) is 5.41 Å². The summed E-state index contributed by atoms with van der Waals surface area (Å²) < 4.78 is 6.08. The van der Waals surface area contributed by atoms with Crippen molar-refractivity contribution in [2.24, 2.45) is 5.41 Å². The van der Waals surface area contributed by atoms with Crippen molar-refractivity contribution in [3.8, 4) is 11.5 Å². The van der Waals surface area contributed by atoms with Gasteiger partial charge in [-0.1, -0.05) is 51.1 Å². The van der Waals surface area contributed by atoms with Crippen LogP contribution in [0.3, 0.4) is 0 Å². The lowest BCUT2D eigenvalue weighted by molar-refractivity contribution is 0.325. The third kappa shape index (κ3) is 2.03. The maximum Gasteiger partial charge on any atom is 0.131 e. The average molecular weight is 252 g/mol. The molecule has 1 atom stereocenters. The van der Waals surface area contributed by atoms with Gasteiger partial charge in [-0.15, -0.1) is 0 Å². The van der Waals surface area contributed by atoms with E-state index in [1.54, 1.807) is 0 Å². The number of aryl methyl sites for hydroxylation is 1. The van der Waals surface area contributed by atoms with Gasteiger partial charge in [0.1, 0.15) is 11.5 Å². The van der Waals surface area contributed by atoms with Crippen LogP contribution in [0.5, 0.6) is 11.5 Å². The second-order valence-corrected chi connectivity index (χ2v) is 6.48. The van der Waals surface area contributed by atoms with E-state index >= 15 is 0 Å². The van der Waals surface area contributed by atoms with Crippen molar-refractivity contribution in [3.05, 3.63) is 59.2 Å². The fraction of sp³-hybridized carbons (Fsp3) is 0.333. The molecule has 1 aliphatic rings. The van der Waals surface area contributed by atoms with E-state index in [0.717, 1.165) is 11.5 Å². The highest BCUT2D eigenvalue weighted by Crippen LogP contribution is 2.51. The lowest BCUT2D eigenvalue weighted by atomic mass is 9.71.